The van der Waals surface area contributed by atoms with E-state index in [4.69, 9.17) is 0 Å². The first-order chi connectivity index (χ1) is 11.7. The minimum atomic E-state index is 0. The topological polar surface area (TPSA) is 41.1 Å². The van der Waals surface area contributed by atoms with E-state index in [1.807, 2.05) is 11.8 Å². The third kappa shape index (κ3) is 5.63. The van der Waals surface area contributed by atoms with E-state index in [0.29, 0.717) is 6.04 Å². The SMILES string of the molecule is C[C@H]1C[C@@H](C(=O)NCCSCc2cccc3ccccc23)CCN1.Cl. The van der Waals surface area contributed by atoms with Crippen LogP contribution in [0.1, 0.15) is 25.3 Å². The molecular weight excluding hydrogens is 352 g/mol. The van der Waals surface area contributed by atoms with Gasteiger partial charge in [-0.3, -0.25) is 4.79 Å². The summed E-state index contributed by atoms with van der Waals surface area (Å²) in [6.07, 6.45) is 1.91. The van der Waals surface area contributed by atoms with Crippen molar-refractivity contribution < 1.29 is 4.79 Å². The van der Waals surface area contributed by atoms with E-state index in [9.17, 15) is 4.79 Å². The highest BCUT2D eigenvalue weighted by molar-refractivity contribution is 7.98. The Kier molecular flexibility index (Phi) is 8.07. The Labute approximate surface area is 160 Å². The van der Waals surface area contributed by atoms with E-state index in [1.165, 1.54) is 16.3 Å². The second-order valence-corrected chi connectivity index (χ2v) is 7.66. The molecule has 2 atom stereocenters. The monoisotopic (exact) mass is 378 g/mol. The van der Waals surface area contributed by atoms with Crippen molar-refractivity contribution in [3.63, 3.8) is 0 Å². The average molecular weight is 379 g/mol. The number of amides is 1. The molecule has 0 aliphatic carbocycles. The number of carbonyl (C=O) groups excluding carboxylic acids is 1. The Bertz CT molecular complexity index is 689. The fraction of sp³-hybridized carbons (Fsp3) is 0.450. The molecule has 2 aromatic rings. The number of fused-ring (bicyclic) bond motifs is 1. The second-order valence-electron chi connectivity index (χ2n) is 6.56. The molecule has 0 radical (unpaired) electrons. The van der Waals surface area contributed by atoms with Gasteiger partial charge in [-0.25, -0.2) is 0 Å². The minimum absolute atomic E-state index is 0. The zero-order valence-corrected chi connectivity index (χ0v) is 16.3. The van der Waals surface area contributed by atoms with E-state index in [1.54, 1.807) is 0 Å². The van der Waals surface area contributed by atoms with Crippen LogP contribution in [-0.2, 0) is 10.5 Å². The minimum Gasteiger partial charge on any atom is -0.355 e. The maximum atomic E-state index is 12.2. The third-order valence-electron chi connectivity index (χ3n) is 4.68. The van der Waals surface area contributed by atoms with Crippen LogP contribution in [0.2, 0.25) is 0 Å². The first kappa shape index (κ1) is 20.1. The van der Waals surface area contributed by atoms with Crippen LogP contribution < -0.4 is 10.6 Å². The maximum absolute atomic E-state index is 12.2. The molecule has 0 aromatic heterocycles. The van der Waals surface area contributed by atoms with Gasteiger partial charge >= 0.3 is 0 Å². The number of hydrogen-bond donors (Lipinski definition) is 2. The summed E-state index contributed by atoms with van der Waals surface area (Å²) >= 11 is 1.88. The van der Waals surface area contributed by atoms with Crippen LogP contribution in [0.25, 0.3) is 10.8 Å². The van der Waals surface area contributed by atoms with Crippen molar-refractivity contribution in [3.05, 3.63) is 48.0 Å². The zero-order valence-electron chi connectivity index (χ0n) is 14.7. The number of thioether (sulfide) groups is 1. The van der Waals surface area contributed by atoms with Crippen molar-refractivity contribution in [1.29, 1.82) is 0 Å². The van der Waals surface area contributed by atoms with Crippen LogP contribution in [0.5, 0.6) is 0 Å². The molecule has 1 saturated heterocycles. The van der Waals surface area contributed by atoms with Gasteiger partial charge in [0.1, 0.15) is 0 Å². The zero-order chi connectivity index (χ0) is 16.8. The summed E-state index contributed by atoms with van der Waals surface area (Å²) in [6, 6.07) is 15.4. The number of halogens is 1. The smallest absolute Gasteiger partial charge is 0.223 e. The number of piperidine rings is 1. The standard InChI is InChI=1S/C20H26N2OS.ClH/c1-15-13-17(9-10-21-15)20(23)22-11-12-24-14-18-7-4-6-16-5-2-3-8-19(16)18;/h2-8,15,17,21H,9-14H2,1H3,(H,22,23);1H/t15-,17-;/m0./s1. The number of rotatable bonds is 6. The highest BCUT2D eigenvalue weighted by atomic mass is 35.5. The lowest BCUT2D eigenvalue weighted by Gasteiger charge is -2.27. The predicted octanol–water partition coefficient (Wildman–Crippen LogP) is 4.00. The largest absolute Gasteiger partial charge is 0.355 e. The molecule has 1 aliphatic heterocycles. The summed E-state index contributed by atoms with van der Waals surface area (Å²) < 4.78 is 0. The third-order valence-corrected chi connectivity index (χ3v) is 5.69. The second kappa shape index (κ2) is 10.0. The van der Waals surface area contributed by atoms with E-state index in [0.717, 1.165) is 37.4 Å². The van der Waals surface area contributed by atoms with E-state index in [2.05, 4.69) is 60.0 Å². The van der Waals surface area contributed by atoms with Gasteiger partial charge in [-0.05, 0) is 42.6 Å². The van der Waals surface area contributed by atoms with Crippen LogP contribution in [0.3, 0.4) is 0 Å². The van der Waals surface area contributed by atoms with Gasteiger partial charge < -0.3 is 10.6 Å². The summed E-state index contributed by atoms with van der Waals surface area (Å²) in [5, 5.41) is 9.13. The maximum Gasteiger partial charge on any atom is 0.223 e. The van der Waals surface area contributed by atoms with E-state index in [-0.39, 0.29) is 24.2 Å². The Morgan fingerprint density at radius 1 is 1.24 bits per heavy atom. The van der Waals surface area contributed by atoms with Crippen LogP contribution >= 0.6 is 24.2 Å². The van der Waals surface area contributed by atoms with Gasteiger partial charge in [0.05, 0.1) is 0 Å². The molecule has 0 saturated carbocycles. The molecule has 1 aliphatic rings. The molecule has 0 unspecified atom stereocenters. The molecule has 3 rings (SSSR count). The van der Waals surface area contributed by atoms with Crippen LogP contribution in [0.15, 0.2) is 42.5 Å². The Hall–Kier alpha value is -1.23. The van der Waals surface area contributed by atoms with E-state index < -0.39 is 0 Å². The molecule has 2 N–H and O–H groups in total. The highest BCUT2D eigenvalue weighted by Crippen LogP contribution is 2.22. The summed E-state index contributed by atoms with van der Waals surface area (Å²) in [5.41, 5.74) is 1.37. The summed E-state index contributed by atoms with van der Waals surface area (Å²) in [4.78, 5) is 12.2. The predicted molar refractivity (Wildman–Crippen MR) is 111 cm³/mol. The molecule has 0 spiro atoms. The first-order valence-corrected chi connectivity index (χ1v) is 9.95. The average Bonchev–Trinajstić information content (AvgIpc) is 2.61. The van der Waals surface area contributed by atoms with Crippen LogP contribution in [0, 0.1) is 5.92 Å². The Morgan fingerprint density at radius 3 is 2.88 bits per heavy atom. The molecule has 2 aromatic carbocycles. The van der Waals surface area contributed by atoms with Gasteiger partial charge in [-0.1, -0.05) is 42.5 Å². The van der Waals surface area contributed by atoms with Crippen molar-refractivity contribution in [2.45, 2.75) is 31.6 Å². The van der Waals surface area contributed by atoms with Gasteiger partial charge in [0.15, 0.2) is 0 Å². The molecule has 1 amide bonds. The summed E-state index contributed by atoms with van der Waals surface area (Å²) in [5.74, 6) is 2.36. The van der Waals surface area contributed by atoms with Crippen LogP contribution in [0.4, 0.5) is 0 Å². The van der Waals surface area contributed by atoms with Crippen molar-refractivity contribution in [1.82, 2.24) is 10.6 Å². The lowest BCUT2D eigenvalue weighted by atomic mass is 9.92. The number of nitrogens with one attached hydrogen (secondary N) is 2. The van der Waals surface area contributed by atoms with Gasteiger partial charge in [-0.15, -0.1) is 12.4 Å². The number of carbonyl (C=O) groups is 1. The number of hydrogen-bond acceptors (Lipinski definition) is 3. The lowest BCUT2D eigenvalue weighted by Crippen LogP contribution is -2.42. The molecule has 1 heterocycles. The Balaban J connectivity index is 0.00000225. The normalized spacial score (nSPS) is 20.0. The van der Waals surface area contributed by atoms with Crippen molar-refractivity contribution >= 4 is 40.8 Å². The molecule has 1 fully saturated rings. The first-order valence-electron chi connectivity index (χ1n) is 8.79. The quantitative estimate of drug-likeness (QED) is 0.746. The molecule has 0 bridgehead atoms. The molecule has 5 heteroatoms. The van der Waals surface area contributed by atoms with Gasteiger partial charge in [0.2, 0.25) is 5.91 Å². The van der Waals surface area contributed by atoms with Crippen LogP contribution in [-0.4, -0.2) is 30.8 Å². The number of benzene rings is 2. The molecular formula is C20H27ClN2OS. The van der Waals surface area contributed by atoms with Gasteiger partial charge in [0, 0.05) is 30.0 Å². The molecule has 25 heavy (non-hydrogen) atoms. The van der Waals surface area contributed by atoms with Crippen molar-refractivity contribution in [2.24, 2.45) is 5.92 Å². The van der Waals surface area contributed by atoms with E-state index >= 15 is 0 Å². The molecule has 136 valence electrons. The summed E-state index contributed by atoms with van der Waals surface area (Å²) in [7, 11) is 0. The lowest BCUT2D eigenvalue weighted by molar-refractivity contribution is -0.125. The highest BCUT2D eigenvalue weighted by Gasteiger charge is 2.24. The van der Waals surface area contributed by atoms with Crippen molar-refractivity contribution in [3.8, 4) is 0 Å². The summed E-state index contributed by atoms with van der Waals surface area (Å²) in [6.45, 7) is 3.86. The fourth-order valence-electron chi connectivity index (χ4n) is 3.36. The van der Waals surface area contributed by atoms with Gasteiger partial charge in [-0.2, -0.15) is 11.8 Å². The van der Waals surface area contributed by atoms with Crippen molar-refractivity contribution in [2.75, 3.05) is 18.8 Å². The van der Waals surface area contributed by atoms with Gasteiger partial charge in [0.25, 0.3) is 0 Å². The molecule has 3 nitrogen and oxygen atoms in total. The fourth-order valence-corrected chi connectivity index (χ4v) is 4.22. The Morgan fingerprint density at radius 2 is 2.04 bits per heavy atom.